The molecule has 1 unspecified atom stereocenters. The third-order valence-corrected chi connectivity index (χ3v) is 7.85. The Morgan fingerprint density at radius 3 is 2.82 bits per heavy atom. The minimum atomic E-state index is -0.146. The highest BCUT2D eigenvalue weighted by Crippen LogP contribution is 2.42. The van der Waals surface area contributed by atoms with E-state index in [2.05, 4.69) is 15.4 Å². The van der Waals surface area contributed by atoms with Crippen LogP contribution in [0.25, 0.3) is 15.3 Å². The molecule has 3 heterocycles. The van der Waals surface area contributed by atoms with Crippen LogP contribution in [0.3, 0.4) is 0 Å². The Hall–Kier alpha value is -3.10. The van der Waals surface area contributed by atoms with Crippen LogP contribution in [0, 0.1) is 0 Å². The predicted octanol–water partition coefficient (Wildman–Crippen LogP) is 5.94. The number of halogens is 1. The average molecular weight is 495 g/mol. The summed E-state index contributed by atoms with van der Waals surface area (Å²) in [7, 11) is 1.65. The van der Waals surface area contributed by atoms with Gasteiger partial charge in [0.05, 0.1) is 29.1 Å². The lowest BCUT2D eigenvalue weighted by atomic mass is 9.87. The summed E-state index contributed by atoms with van der Waals surface area (Å²) in [5, 5.41) is 8.85. The van der Waals surface area contributed by atoms with Crippen molar-refractivity contribution < 1.29 is 14.3 Å². The molecular formula is C25H23ClN4O3S. The van der Waals surface area contributed by atoms with Gasteiger partial charge in [-0.3, -0.25) is 4.79 Å². The highest BCUT2D eigenvalue weighted by molar-refractivity contribution is 7.20. The molecule has 174 valence electrons. The zero-order chi connectivity index (χ0) is 23.2. The molecule has 1 fully saturated rings. The minimum Gasteiger partial charge on any atom is -0.493 e. The van der Waals surface area contributed by atoms with E-state index in [1.165, 1.54) is 24.2 Å². The number of benzene rings is 2. The summed E-state index contributed by atoms with van der Waals surface area (Å²) in [6.45, 7) is 0. The number of aromatic nitrogens is 3. The molecule has 2 aliphatic rings. The van der Waals surface area contributed by atoms with E-state index in [0.29, 0.717) is 28.1 Å². The molecule has 34 heavy (non-hydrogen) atoms. The standard InChI is InChI=1S/C25H23ClN4O3S/c1-32-19-10-9-14(11-20(19)33-15-5-2-3-6-15)16-12-22(31)28-24-17(16)13-27-30(24)25-29-23-18(26)7-4-8-21(23)34-25/h4,7-11,13,15-16H,2-3,5-6,12H2,1H3,(H,28,31). The van der Waals surface area contributed by atoms with E-state index in [0.717, 1.165) is 39.9 Å². The molecule has 1 amide bonds. The van der Waals surface area contributed by atoms with Gasteiger partial charge in [-0.1, -0.05) is 35.1 Å². The number of methoxy groups -OCH3 is 1. The molecule has 2 aromatic carbocycles. The molecule has 7 nitrogen and oxygen atoms in total. The number of para-hydroxylation sites is 1. The number of thiazole rings is 1. The monoisotopic (exact) mass is 494 g/mol. The van der Waals surface area contributed by atoms with Crippen LogP contribution in [0.5, 0.6) is 11.5 Å². The van der Waals surface area contributed by atoms with Crippen LogP contribution in [0.1, 0.15) is 49.1 Å². The highest BCUT2D eigenvalue weighted by atomic mass is 35.5. The molecule has 0 radical (unpaired) electrons. The van der Waals surface area contributed by atoms with Crippen molar-refractivity contribution in [3.8, 4) is 16.6 Å². The van der Waals surface area contributed by atoms with Gasteiger partial charge in [0.2, 0.25) is 11.0 Å². The molecule has 1 aliphatic carbocycles. The molecule has 9 heteroatoms. The predicted molar refractivity (Wildman–Crippen MR) is 133 cm³/mol. The van der Waals surface area contributed by atoms with Gasteiger partial charge < -0.3 is 14.8 Å². The Morgan fingerprint density at radius 2 is 2.03 bits per heavy atom. The Balaban J connectivity index is 1.39. The number of anilines is 1. The van der Waals surface area contributed by atoms with Crippen molar-refractivity contribution in [3.63, 3.8) is 0 Å². The summed E-state index contributed by atoms with van der Waals surface area (Å²) in [6, 6.07) is 11.6. The first-order chi connectivity index (χ1) is 16.6. The number of fused-ring (bicyclic) bond motifs is 2. The summed E-state index contributed by atoms with van der Waals surface area (Å²) < 4.78 is 14.5. The fourth-order valence-corrected chi connectivity index (χ4v) is 6.07. The van der Waals surface area contributed by atoms with Crippen molar-refractivity contribution in [2.45, 2.75) is 44.1 Å². The largest absolute Gasteiger partial charge is 0.493 e. The van der Waals surface area contributed by atoms with Crippen LogP contribution >= 0.6 is 22.9 Å². The lowest BCUT2D eigenvalue weighted by Crippen LogP contribution is -2.24. The smallest absolute Gasteiger partial charge is 0.226 e. The first-order valence-electron chi connectivity index (χ1n) is 11.4. The Labute approximate surface area is 205 Å². The van der Waals surface area contributed by atoms with Crippen molar-refractivity contribution in [1.29, 1.82) is 0 Å². The van der Waals surface area contributed by atoms with Crippen LogP contribution in [-0.2, 0) is 4.79 Å². The summed E-state index contributed by atoms with van der Waals surface area (Å²) in [4.78, 5) is 17.4. The van der Waals surface area contributed by atoms with Gasteiger partial charge in [0.25, 0.3) is 0 Å². The maximum atomic E-state index is 12.8. The van der Waals surface area contributed by atoms with E-state index in [-0.39, 0.29) is 17.9 Å². The minimum absolute atomic E-state index is 0.0625. The van der Waals surface area contributed by atoms with Gasteiger partial charge in [-0.05, 0) is 55.5 Å². The fraction of sp³-hybridized carbons (Fsp3) is 0.320. The third-order valence-electron chi connectivity index (χ3n) is 6.55. The normalized spacial score (nSPS) is 18.2. The van der Waals surface area contributed by atoms with E-state index in [4.69, 9.17) is 21.1 Å². The fourth-order valence-electron chi connectivity index (χ4n) is 4.84. The molecule has 0 bridgehead atoms. The van der Waals surface area contributed by atoms with Gasteiger partial charge >= 0.3 is 0 Å². The molecule has 4 aromatic rings. The van der Waals surface area contributed by atoms with Crippen molar-refractivity contribution in [2.24, 2.45) is 0 Å². The zero-order valence-electron chi connectivity index (χ0n) is 18.6. The van der Waals surface area contributed by atoms with Crippen molar-refractivity contribution >= 4 is 44.9 Å². The quantitative estimate of drug-likeness (QED) is 0.371. The molecule has 0 spiro atoms. The van der Waals surface area contributed by atoms with Crippen molar-refractivity contribution in [2.75, 3.05) is 12.4 Å². The molecule has 1 atom stereocenters. The summed E-state index contributed by atoms with van der Waals surface area (Å²) in [6.07, 6.45) is 6.85. The van der Waals surface area contributed by atoms with Crippen LogP contribution < -0.4 is 14.8 Å². The topological polar surface area (TPSA) is 78.3 Å². The van der Waals surface area contributed by atoms with Gasteiger partial charge in [0.15, 0.2) is 11.5 Å². The number of ether oxygens (including phenoxy) is 2. The zero-order valence-corrected chi connectivity index (χ0v) is 20.2. The van der Waals surface area contributed by atoms with E-state index < -0.39 is 0 Å². The van der Waals surface area contributed by atoms with Crippen LogP contribution in [-0.4, -0.2) is 33.9 Å². The van der Waals surface area contributed by atoms with Crippen LogP contribution in [0.15, 0.2) is 42.6 Å². The van der Waals surface area contributed by atoms with E-state index in [1.807, 2.05) is 42.6 Å². The van der Waals surface area contributed by atoms with E-state index in [9.17, 15) is 4.79 Å². The van der Waals surface area contributed by atoms with Gasteiger partial charge in [-0.25, -0.2) is 4.98 Å². The van der Waals surface area contributed by atoms with Crippen molar-refractivity contribution in [3.05, 3.63) is 58.7 Å². The Kier molecular flexibility index (Phi) is 5.42. The number of nitrogens with one attached hydrogen (secondary N) is 1. The van der Waals surface area contributed by atoms with Crippen LogP contribution in [0.2, 0.25) is 5.02 Å². The van der Waals surface area contributed by atoms with E-state index >= 15 is 0 Å². The number of hydrogen-bond acceptors (Lipinski definition) is 6. The van der Waals surface area contributed by atoms with Gasteiger partial charge in [-0.2, -0.15) is 9.78 Å². The average Bonchev–Trinajstić information content (AvgIpc) is 3.58. The molecule has 1 saturated carbocycles. The molecule has 1 aliphatic heterocycles. The number of nitrogens with zero attached hydrogens (tertiary/aromatic N) is 3. The SMILES string of the molecule is COc1ccc(C2CC(=O)Nc3c2cnn3-c2nc3c(Cl)cccc3s2)cc1OC1CCCC1. The second kappa shape index (κ2) is 8.60. The lowest BCUT2D eigenvalue weighted by Gasteiger charge is -2.24. The Bertz CT molecular complexity index is 1390. The lowest BCUT2D eigenvalue weighted by molar-refractivity contribution is -0.116. The molecular weight excluding hydrogens is 472 g/mol. The summed E-state index contributed by atoms with van der Waals surface area (Å²) in [5.74, 6) is 1.87. The number of hydrogen-bond donors (Lipinski definition) is 1. The van der Waals surface area contributed by atoms with Gasteiger partial charge in [0.1, 0.15) is 11.3 Å². The second-order valence-electron chi connectivity index (χ2n) is 8.68. The molecule has 6 rings (SSSR count). The van der Waals surface area contributed by atoms with Crippen molar-refractivity contribution in [1.82, 2.24) is 14.8 Å². The van der Waals surface area contributed by atoms with Crippen LogP contribution in [0.4, 0.5) is 5.82 Å². The van der Waals surface area contributed by atoms with Gasteiger partial charge in [0, 0.05) is 17.9 Å². The van der Waals surface area contributed by atoms with E-state index in [1.54, 1.807) is 11.8 Å². The first-order valence-corrected chi connectivity index (χ1v) is 12.6. The number of carbonyl (C=O) groups excluding carboxylic acids is 1. The number of carbonyl (C=O) groups is 1. The highest BCUT2D eigenvalue weighted by Gasteiger charge is 2.32. The number of amides is 1. The maximum Gasteiger partial charge on any atom is 0.226 e. The van der Waals surface area contributed by atoms with Gasteiger partial charge in [-0.15, -0.1) is 0 Å². The Morgan fingerprint density at radius 1 is 1.18 bits per heavy atom. The maximum absolute atomic E-state index is 12.8. The molecule has 2 aromatic heterocycles. The summed E-state index contributed by atoms with van der Waals surface area (Å²) in [5.41, 5.74) is 2.68. The first kappa shape index (κ1) is 21.4. The molecule has 0 saturated heterocycles. The second-order valence-corrected chi connectivity index (χ2v) is 10.1. The summed E-state index contributed by atoms with van der Waals surface area (Å²) >= 11 is 7.81. The number of rotatable bonds is 5. The molecule has 1 N–H and O–H groups in total. The third kappa shape index (κ3) is 3.71.